The Morgan fingerprint density at radius 1 is 1.00 bits per heavy atom. The van der Waals surface area contributed by atoms with E-state index in [4.69, 9.17) is 14.5 Å². The van der Waals surface area contributed by atoms with Gasteiger partial charge in [0.05, 0.1) is 12.6 Å². The summed E-state index contributed by atoms with van der Waals surface area (Å²) in [4.78, 5) is 22.0. The second-order valence-corrected chi connectivity index (χ2v) is 10.0. The van der Waals surface area contributed by atoms with E-state index in [1.165, 1.54) is 16.5 Å². The third-order valence-corrected chi connectivity index (χ3v) is 6.54. The number of hydrogen-bond acceptors (Lipinski definition) is 5. The molecule has 3 aromatic rings. The van der Waals surface area contributed by atoms with Crippen LogP contribution in [0.25, 0.3) is 10.9 Å². The van der Waals surface area contributed by atoms with Gasteiger partial charge in [0.15, 0.2) is 6.61 Å². The number of methoxy groups -OCH3 is 1. The number of benzene rings is 2. The first-order chi connectivity index (χ1) is 16.2. The van der Waals surface area contributed by atoms with Crippen LogP contribution in [0.3, 0.4) is 0 Å². The Morgan fingerprint density at radius 2 is 1.74 bits per heavy atom. The zero-order valence-electron chi connectivity index (χ0n) is 21.1. The molecule has 0 radical (unpaired) electrons. The van der Waals surface area contributed by atoms with Crippen molar-refractivity contribution in [1.29, 1.82) is 0 Å². The molecule has 0 unspecified atom stereocenters. The molecular formula is C28H35N3O3. The highest BCUT2D eigenvalue weighted by Gasteiger charge is 2.25. The smallest absolute Gasteiger partial charge is 0.260 e. The zero-order chi connectivity index (χ0) is 24.5. The average molecular weight is 462 g/mol. The lowest BCUT2D eigenvalue weighted by Crippen LogP contribution is -2.50. The summed E-state index contributed by atoms with van der Waals surface area (Å²) in [7, 11) is 1.65. The molecule has 0 bridgehead atoms. The van der Waals surface area contributed by atoms with Crippen molar-refractivity contribution in [3.8, 4) is 11.5 Å². The van der Waals surface area contributed by atoms with Crippen LogP contribution >= 0.6 is 0 Å². The van der Waals surface area contributed by atoms with Crippen LogP contribution in [0, 0.1) is 13.8 Å². The monoisotopic (exact) mass is 461 g/mol. The molecule has 6 nitrogen and oxygen atoms in total. The van der Waals surface area contributed by atoms with Gasteiger partial charge >= 0.3 is 0 Å². The van der Waals surface area contributed by atoms with Gasteiger partial charge in [-0.1, -0.05) is 39.0 Å². The largest absolute Gasteiger partial charge is 0.497 e. The lowest BCUT2D eigenvalue weighted by molar-refractivity contribution is -0.133. The van der Waals surface area contributed by atoms with Crippen molar-refractivity contribution in [3.05, 3.63) is 59.2 Å². The van der Waals surface area contributed by atoms with Gasteiger partial charge < -0.3 is 19.3 Å². The van der Waals surface area contributed by atoms with Crippen molar-refractivity contribution in [1.82, 2.24) is 9.88 Å². The molecule has 1 aromatic heterocycles. The predicted octanol–water partition coefficient (Wildman–Crippen LogP) is 4.89. The Hall–Kier alpha value is -3.28. The molecule has 34 heavy (non-hydrogen) atoms. The van der Waals surface area contributed by atoms with Gasteiger partial charge in [-0.2, -0.15) is 0 Å². The highest BCUT2D eigenvalue weighted by atomic mass is 16.5. The number of fused-ring (bicyclic) bond motifs is 1. The molecule has 1 amide bonds. The number of ether oxygens (including phenoxy) is 2. The van der Waals surface area contributed by atoms with E-state index in [0.29, 0.717) is 13.1 Å². The van der Waals surface area contributed by atoms with Crippen molar-refractivity contribution in [2.75, 3.05) is 44.8 Å². The fraction of sp³-hybridized carbons (Fsp3) is 0.429. The van der Waals surface area contributed by atoms with E-state index in [1.54, 1.807) is 7.11 Å². The Balaban J connectivity index is 1.39. The zero-order valence-corrected chi connectivity index (χ0v) is 21.1. The molecule has 0 aliphatic carbocycles. The number of carbonyl (C=O) groups excluding carboxylic acids is 1. The Morgan fingerprint density at radius 3 is 2.41 bits per heavy atom. The molecular weight excluding hydrogens is 426 g/mol. The number of hydrogen-bond donors (Lipinski definition) is 0. The minimum Gasteiger partial charge on any atom is -0.497 e. The van der Waals surface area contributed by atoms with Crippen molar-refractivity contribution < 1.29 is 14.3 Å². The van der Waals surface area contributed by atoms with E-state index in [0.717, 1.165) is 41.5 Å². The summed E-state index contributed by atoms with van der Waals surface area (Å²) >= 11 is 0. The summed E-state index contributed by atoms with van der Waals surface area (Å²) in [5, 5.41) is 1.20. The number of aryl methyl sites for hydroxylation is 2. The van der Waals surface area contributed by atoms with E-state index in [1.807, 2.05) is 23.1 Å². The van der Waals surface area contributed by atoms with Crippen LogP contribution in [0.4, 0.5) is 5.82 Å². The SMILES string of the molecule is COc1ccc(OCC(=O)N2CCN(c3cc(C)c4cccc(C)c4n3)CC2)c(C(C)(C)C)c1. The average Bonchev–Trinajstić information content (AvgIpc) is 2.82. The van der Waals surface area contributed by atoms with Crippen LogP contribution in [0.1, 0.15) is 37.5 Å². The maximum atomic E-state index is 12.9. The third kappa shape index (κ3) is 4.96. The number of aromatic nitrogens is 1. The lowest BCUT2D eigenvalue weighted by Gasteiger charge is -2.35. The van der Waals surface area contributed by atoms with Gasteiger partial charge in [0.2, 0.25) is 0 Å². The highest BCUT2D eigenvalue weighted by Crippen LogP contribution is 2.34. The van der Waals surface area contributed by atoms with E-state index in [-0.39, 0.29) is 17.9 Å². The van der Waals surface area contributed by atoms with E-state index >= 15 is 0 Å². The summed E-state index contributed by atoms with van der Waals surface area (Å²) < 4.78 is 11.4. The lowest BCUT2D eigenvalue weighted by atomic mass is 9.86. The first kappa shape index (κ1) is 23.9. The topological polar surface area (TPSA) is 54.9 Å². The minimum atomic E-state index is -0.123. The molecule has 1 saturated heterocycles. The summed E-state index contributed by atoms with van der Waals surface area (Å²) in [6, 6.07) is 14.2. The quantitative estimate of drug-likeness (QED) is 0.542. The van der Waals surface area contributed by atoms with Gasteiger partial charge in [-0.05, 0) is 54.7 Å². The van der Waals surface area contributed by atoms with E-state index < -0.39 is 0 Å². The molecule has 2 aromatic carbocycles. The second-order valence-electron chi connectivity index (χ2n) is 10.0. The first-order valence-electron chi connectivity index (χ1n) is 11.9. The molecule has 0 saturated carbocycles. The van der Waals surface area contributed by atoms with Crippen LogP contribution in [0.15, 0.2) is 42.5 Å². The highest BCUT2D eigenvalue weighted by molar-refractivity contribution is 5.86. The summed E-state index contributed by atoms with van der Waals surface area (Å²) in [5.41, 5.74) is 4.37. The number of carbonyl (C=O) groups is 1. The number of nitrogens with zero attached hydrogens (tertiary/aromatic N) is 3. The summed E-state index contributed by atoms with van der Waals surface area (Å²) in [5.74, 6) is 2.50. The van der Waals surface area contributed by atoms with Crippen molar-refractivity contribution in [2.24, 2.45) is 0 Å². The number of amides is 1. The van der Waals surface area contributed by atoms with Crippen molar-refractivity contribution in [2.45, 2.75) is 40.0 Å². The minimum absolute atomic E-state index is 0.00817. The predicted molar refractivity (Wildman–Crippen MR) is 137 cm³/mol. The van der Waals surface area contributed by atoms with E-state index in [2.05, 4.69) is 63.8 Å². The van der Waals surface area contributed by atoms with Crippen LogP contribution in [0.2, 0.25) is 0 Å². The maximum absolute atomic E-state index is 12.9. The number of para-hydroxylation sites is 1. The van der Waals surface area contributed by atoms with Gasteiger partial charge in [0.1, 0.15) is 17.3 Å². The molecule has 0 N–H and O–H groups in total. The standard InChI is InChI=1S/C28H35N3O3/c1-19-8-7-9-22-20(2)16-25(29-27(19)22)30-12-14-31(15-13-30)26(32)18-34-24-11-10-21(33-6)17-23(24)28(3,4)5/h7-11,16-17H,12-15,18H2,1-6H3. The van der Waals surface area contributed by atoms with Crippen LogP contribution in [-0.4, -0.2) is 55.7 Å². The fourth-order valence-corrected chi connectivity index (χ4v) is 4.47. The fourth-order valence-electron chi connectivity index (χ4n) is 4.47. The molecule has 0 atom stereocenters. The van der Waals surface area contributed by atoms with Gasteiger partial charge in [0.25, 0.3) is 5.91 Å². The molecule has 180 valence electrons. The Kier molecular flexibility index (Phi) is 6.69. The molecule has 1 fully saturated rings. The van der Waals surface area contributed by atoms with E-state index in [9.17, 15) is 4.79 Å². The van der Waals surface area contributed by atoms with Crippen molar-refractivity contribution >= 4 is 22.6 Å². The molecule has 1 aliphatic rings. The van der Waals surface area contributed by atoms with Crippen LogP contribution < -0.4 is 14.4 Å². The van der Waals surface area contributed by atoms with Gasteiger partial charge in [-0.25, -0.2) is 4.98 Å². The molecule has 6 heteroatoms. The molecule has 0 spiro atoms. The van der Waals surface area contributed by atoms with Crippen molar-refractivity contribution in [3.63, 3.8) is 0 Å². The number of rotatable bonds is 5. The molecule has 4 rings (SSSR count). The Labute approximate surface area is 202 Å². The number of anilines is 1. The summed E-state index contributed by atoms with van der Waals surface area (Å²) in [6.07, 6.45) is 0. The number of piperazine rings is 1. The first-order valence-corrected chi connectivity index (χ1v) is 11.9. The number of pyridine rings is 1. The molecule has 1 aliphatic heterocycles. The maximum Gasteiger partial charge on any atom is 0.260 e. The molecule has 2 heterocycles. The normalized spacial score (nSPS) is 14.4. The second kappa shape index (κ2) is 9.53. The summed E-state index contributed by atoms with van der Waals surface area (Å²) in [6.45, 7) is 13.5. The van der Waals surface area contributed by atoms with Gasteiger partial charge in [0, 0.05) is 37.1 Å². The van der Waals surface area contributed by atoms with Gasteiger partial charge in [-0.15, -0.1) is 0 Å². The van der Waals surface area contributed by atoms with Crippen LogP contribution in [-0.2, 0) is 10.2 Å². The Bertz CT molecular complexity index is 1190. The van der Waals surface area contributed by atoms with Crippen LogP contribution in [0.5, 0.6) is 11.5 Å². The third-order valence-electron chi connectivity index (χ3n) is 6.54. The van der Waals surface area contributed by atoms with Gasteiger partial charge in [-0.3, -0.25) is 4.79 Å².